The standard InChI is InChI=1S/C26H17N3O3/c1-32-17-13-11-15(12-14-17)20-21-23(18-9-5-6-10-19(18)24(21)30)27-25-22(20)26(31)29(28-25)16-7-3-2-4-8-16/h2-14H,1H3,(H,27,28). The monoisotopic (exact) mass is 419 g/mol. The van der Waals surface area contributed by atoms with E-state index in [0.717, 1.165) is 11.1 Å². The van der Waals surface area contributed by atoms with Gasteiger partial charge in [0.2, 0.25) is 0 Å². The first kappa shape index (κ1) is 18.3. The number of nitrogens with zero attached hydrogens (tertiary/aromatic N) is 2. The van der Waals surface area contributed by atoms with Crippen LogP contribution in [0.1, 0.15) is 15.9 Å². The molecule has 0 amide bonds. The first-order valence-corrected chi connectivity index (χ1v) is 10.2. The fraction of sp³-hybridized carbons (Fsp3) is 0.0385. The Bertz CT molecular complexity index is 1580. The van der Waals surface area contributed by atoms with Crippen LogP contribution in [-0.4, -0.2) is 27.7 Å². The zero-order valence-electron chi connectivity index (χ0n) is 17.1. The third kappa shape index (κ3) is 2.50. The molecule has 0 bridgehead atoms. The van der Waals surface area contributed by atoms with Crippen LogP contribution < -0.4 is 10.3 Å². The predicted octanol–water partition coefficient (Wildman–Crippen LogP) is 4.60. The largest absolute Gasteiger partial charge is 0.497 e. The van der Waals surface area contributed by atoms with Crippen LogP contribution in [0, 0.1) is 0 Å². The van der Waals surface area contributed by atoms with Crippen LogP contribution in [0.2, 0.25) is 0 Å². The third-order valence-corrected chi connectivity index (χ3v) is 5.88. The van der Waals surface area contributed by atoms with Crippen molar-refractivity contribution in [2.45, 2.75) is 0 Å². The van der Waals surface area contributed by atoms with Gasteiger partial charge in [0.05, 0.1) is 29.4 Å². The van der Waals surface area contributed by atoms with E-state index in [0.29, 0.717) is 44.9 Å². The number of ether oxygens (including phenoxy) is 1. The molecule has 1 N–H and O–H groups in total. The lowest BCUT2D eigenvalue weighted by molar-refractivity contribution is 0.104. The van der Waals surface area contributed by atoms with E-state index in [1.807, 2.05) is 72.8 Å². The Kier molecular flexibility index (Phi) is 3.89. The zero-order valence-corrected chi connectivity index (χ0v) is 17.1. The van der Waals surface area contributed by atoms with E-state index in [9.17, 15) is 9.59 Å². The van der Waals surface area contributed by atoms with Crippen molar-refractivity contribution in [3.63, 3.8) is 0 Å². The van der Waals surface area contributed by atoms with Crippen LogP contribution >= 0.6 is 0 Å². The van der Waals surface area contributed by atoms with Crippen molar-refractivity contribution in [3.05, 3.63) is 100 Å². The maximum absolute atomic E-state index is 13.6. The van der Waals surface area contributed by atoms with Gasteiger partial charge in [0.25, 0.3) is 5.56 Å². The molecular weight excluding hydrogens is 402 g/mol. The molecule has 5 aromatic rings. The molecule has 154 valence electrons. The Morgan fingerprint density at radius 1 is 0.812 bits per heavy atom. The number of methoxy groups -OCH3 is 1. The smallest absolute Gasteiger partial charge is 0.281 e. The van der Waals surface area contributed by atoms with E-state index in [4.69, 9.17) is 9.72 Å². The molecule has 6 heteroatoms. The van der Waals surface area contributed by atoms with E-state index >= 15 is 0 Å². The van der Waals surface area contributed by atoms with Crippen molar-refractivity contribution >= 4 is 16.8 Å². The van der Waals surface area contributed by atoms with Gasteiger partial charge in [-0.3, -0.25) is 14.7 Å². The van der Waals surface area contributed by atoms with Crippen molar-refractivity contribution in [3.8, 4) is 33.8 Å². The van der Waals surface area contributed by atoms with Gasteiger partial charge in [-0.25, -0.2) is 9.67 Å². The highest BCUT2D eigenvalue weighted by atomic mass is 16.5. The first-order valence-electron chi connectivity index (χ1n) is 10.2. The van der Waals surface area contributed by atoms with Crippen LogP contribution in [0.15, 0.2) is 83.7 Å². The molecule has 0 fully saturated rings. The molecule has 2 aromatic heterocycles. The number of carbonyl (C=O) groups is 1. The van der Waals surface area contributed by atoms with E-state index in [1.165, 1.54) is 4.68 Å². The second-order valence-electron chi connectivity index (χ2n) is 7.63. The summed E-state index contributed by atoms with van der Waals surface area (Å²) in [5.74, 6) is 0.573. The van der Waals surface area contributed by atoms with E-state index < -0.39 is 0 Å². The summed E-state index contributed by atoms with van der Waals surface area (Å²) in [6, 6.07) is 24.1. The molecule has 0 aliphatic heterocycles. The van der Waals surface area contributed by atoms with Gasteiger partial charge in [-0.2, -0.15) is 0 Å². The fourth-order valence-electron chi connectivity index (χ4n) is 4.39. The molecule has 32 heavy (non-hydrogen) atoms. The molecule has 2 heterocycles. The van der Waals surface area contributed by atoms with Crippen LogP contribution in [0.5, 0.6) is 5.75 Å². The third-order valence-electron chi connectivity index (χ3n) is 5.88. The van der Waals surface area contributed by atoms with E-state index in [2.05, 4.69) is 5.10 Å². The molecular formula is C26H17N3O3. The van der Waals surface area contributed by atoms with Crippen molar-refractivity contribution in [1.29, 1.82) is 0 Å². The van der Waals surface area contributed by atoms with Crippen molar-refractivity contribution in [2.75, 3.05) is 7.11 Å². The van der Waals surface area contributed by atoms with Gasteiger partial charge in [0, 0.05) is 16.7 Å². The minimum Gasteiger partial charge on any atom is -0.497 e. The molecule has 0 spiro atoms. The summed E-state index contributed by atoms with van der Waals surface area (Å²) >= 11 is 0. The number of pyridine rings is 1. The van der Waals surface area contributed by atoms with Gasteiger partial charge in [0.1, 0.15) is 5.75 Å². The normalized spacial score (nSPS) is 12.1. The lowest BCUT2D eigenvalue weighted by Gasteiger charge is -2.09. The minimum absolute atomic E-state index is 0.123. The number of aromatic amines is 1. The van der Waals surface area contributed by atoms with Gasteiger partial charge in [0.15, 0.2) is 11.4 Å². The molecule has 0 saturated carbocycles. The average Bonchev–Trinajstić information content (AvgIpc) is 3.33. The Balaban J connectivity index is 1.74. The first-order chi connectivity index (χ1) is 15.7. The lowest BCUT2D eigenvalue weighted by Crippen LogP contribution is -2.15. The number of aromatic nitrogens is 3. The summed E-state index contributed by atoms with van der Waals surface area (Å²) in [5, 5.41) is 3.53. The molecule has 3 aromatic carbocycles. The summed E-state index contributed by atoms with van der Waals surface area (Å²) in [6.45, 7) is 0. The number of hydrogen-bond donors (Lipinski definition) is 1. The fourth-order valence-corrected chi connectivity index (χ4v) is 4.39. The van der Waals surface area contributed by atoms with Gasteiger partial charge in [-0.05, 0) is 29.8 Å². The highest BCUT2D eigenvalue weighted by Gasteiger charge is 2.34. The number of rotatable bonds is 3. The van der Waals surface area contributed by atoms with Crippen molar-refractivity contribution in [2.24, 2.45) is 0 Å². The average molecular weight is 419 g/mol. The molecule has 0 radical (unpaired) electrons. The number of hydrogen-bond acceptors (Lipinski definition) is 4. The number of ketones is 1. The SMILES string of the molecule is COc1ccc(-c2c3c(nc4[nH]n(-c5ccccc5)c(=O)c24)-c2ccccc2C3=O)cc1. The van der Waals surface area contributed by atoms with Gasteiger partial charge in [-0.1, -0.05) is 54.6 Å². The van der Waals surface area contributed by atoms with Gasteiger partial charge in [-0.15, -0.1) is 0 Å². The molecule has 1 aliphatic rings. The highest BCUT2D eigenvalue weighted by Crippen LogP contribution is 2.43. The Morgan fingerprint density at radius 3 is 2.22 bits per heavy atom. The predicted molar refractivity (Wildman–Crippen MR) is 123 cm³/mol. The highest BCUT2D eigenvalue weighted by molar-refractivity contribution is 6.26. The molecule has 6 nitrogen and oxygen atoms in total. The summed E-state index contributed by atoms with van der Waals surface area (Å²) in [6.07, 6.45) is 0. The van der Waals surface area contributed by atoms with Gasteiger partial charge >= 0.3 is 0 Å². The number of para-hydroxylation sites is 1. The molecule has 6 rings (SSSR count). The maximum atomic E-state index is 13.6. The minimum atomic E-state index is -0.254. The number of carbonyl (C=O) groups excluding carboxylic acids is 1. The van der Waals surface area contributed by atoms with Crippen molar-refractivity contribution in [1.82, 2.24) is 14.8 Å². The number of fused-ring (bicyclic) bond motifs is 4. The Morgan fingerprint density at radius 2 is 1.50 bits per heavy atom. The molecule has 0 saturated heterocycles. The maximum Gasteiger partial charge on any atom is 0.281 e. The summed E-state index contributed by atoms with van der Waals surface area (Å²) in [7, 11) is 1.60. The number of nitrogens with one attached hydrogen (secondary N) is 1. The quantitative estimate of drug-likeness (QED) is 0.455. The summed E-state index contributed by atoms with van der Waals surface area (Å²) in [4.78, 5) is 31.8. The molecule has 1 aliphatic carbocycles. The van der Waals surface area contributed by atoms with Crippen molar-refractivity contribution < 1.29 is 9.53 Å². The van der Waals surface area contributed by atoms with Crippen LogP contribution in [0.4, 0.5) is 0 Å². The number of H-pyrrole nitrogens is 1. The van der Waals surface area contributed by atoms with Gasteiger partial charge < -0.3 is 4.74 Å². The number of benzene rings is 3. The Hall–Kier alpha value is -4.45. The van der Waals surface area contributed by atoms with E-state index in [-0.39, 0.29) is 11.3 Å². The van der Waals surface area contributed by atoms with E-state index in [1.54, 1.807) is 13.2 Å². The zero-order chi connectivity index (χ0) is 21.8. The Labute approximate surface area is 182 Å². The second-order valence-corrected chi connectivity index (χ2v) is 7.63. The summed E-state index contributed by atoms with van der Waals surface area (Å²) < 4.78 is 6.76. The van der Waals surface area contributed by atoms with Crippen LogP contribution in [0.3, 0.4) is 0 Å². The topological polar surface area (TPSA) is 77.0 Å². The summed E-state index contributed by atoms with van der Waals surface area (Å²) in [5.41, 5.74) is 4.65. The lowest BCUT2D eigenvalue weighted by atomic mass is 9.95. The molecule has 0 unspecified atom stereocenters. The van der Waals surface area contributed by atoms with Crippen LogP contribution in [-0.2, 0) is 0 Å². The second kappa shape index (κ2) is 6.78. The molecule has 0 atom stereocenters. The van der Waals surface area contributed by atoms with Crippen LogP contribution in [0.25, 0.3) is 39.1 Å².